The third-order valence-electron chi connectivity index (χ3n) is 2.71. The van der Waals surface area contributed by atoms with Crippen molar-refractivity contribution in [3.05, 3.63) is 34.6 Å². The molecule has 1 atom stereocenters. The molecule has 0 aliphatic heterocycles. The van der Waals surface area contributed by atoms with Gasteiger partial charge in [0.2, 0.25) is 0 Å². The molecule has 1 aromatic rings. The number of hydrogen-bond acceptors (Lipinski definition) is 3. The molecule has 0 spiro atoms. The Morgan fingerprint density at radius 2 is 2.00 bits per heavy atom. The molecule has 0 heterocycles. The van der Waals surface area contributed by atoms with E-state index in [1.807, 2.05) is 6.92 Å². The fourth-order valence-corrected chi connectivity index (χ4v) is 2.08. The first-order valence-electron chi connectivity index (χ1n) is 5.85. The Balaban J connectivity index is 2.85. The van der Waals surface area contributed by atoms with Crippen LogP contribution in [0.1, 0.15) is 12.5 Å². The van der Waals surface area contributed by atoms with Gasteiger partial charge in [0.1, 0.15) is 5.82 Å². The van der Waals surface area contributed by atoms with Gasteiger partial charge in [-0.3, -0.25) is 0 Å². The number of halogens is 2. The van der Waals surface area contributed by atoms with Crippen molar-refractivity contribution in [2.75, 3.05) is 20.8 Å². The van der Waals surface area contributed by atoms with Crippen molar-refractivity contribution in [2.24, 2.45) is 0 Å². The molecule has 0 aliphatic carbocycles. The molecule has 0 amide bonds. The zero-order chi connectivity index (χ0) is 13.5. The highest BCUT2D eigenvalue weighted by molar-refractivity contribution is 6.31. The Hall–Kier alpha value is -0.680. The highest BCUT2D eigenvalue weighted by atomic mass is 35.5. The van der Waals surface area contributed by atoms with Crippen LogP contribution in [0, 0.1) is 5.82 Å². The van der Waals surface area contributed by atoms with Crippen molar-refractivity contribution in [3.8, 4) is 0 Å². The van der Waals surface area contributed by atoms with E-state index < -0.39 is 6.29 Å². The van der Waals surface area contributed by atoms with Crippen LogP contribution in [-0.2, 0) is 15.9 Å². The van der Waals surface area contributed by atoms with E-state index in [1.165, 1.54) is 12.1 Å². The summed E-state index contributed by atoms with van der Waals surface area (Å²) in [6, 6.07) is 4.27. The predicted molar refractivity (Wildman–Crippen MR) is 70.4 cm³/mol. The monoisotopic (exact) mass is 275 g/mol. The highest BCUT2D eigenvalue weighted by Crippen LogP contribution is 2.20. The van der Waals surface area contributed by atoms with E-state index in [9.17, 15) is 4.39 Å². The zero-order valence-corrected chi connectivity index (χ0v) is 11.6. The van der Waals surface area contributed by atoms with Crippen molar-refractivity contribution in [3.63, 3.8) is 0 Å². The number of methoxy groups -OCH3 is 2. The third kappa shape index (κ3) is 4.21. The predicted octanol–water partition coefficient (Wildman–Crippen LogP) is 2.62. The molecule has 0 saturated carbocycles. The van der Waals surface area contributed by atoms with Gasteiger partial charge in [-0.2, -0.15) is 0 Å². The molecule has 0 radical (unpaired) electrons. The van der Waals surface area contributed by atoms with Crippen LogP contribution >= 0.6 is 11.6 Å². The van der Waals surface area contributed by atoms with Gasteiger partial charge in [-0.25, -0.2) is 4.39 Å². The molecule has 102 valence electrons. The second kappa shape index (κ2) is 7.69. The second-order valence-electron chi connectivity index (χ2n) is 3.94. The molecule has 0 aromatic heterocycles. The van der Waals surface area contributed by atoms with Gasteiger partial charge < -0.3 is 14.8 Å². The average Bonchev–Trinajstić information content (AvgIpc) is 2.35. The Labute approximate surface area is 112 Å². The van der Waals surface area contributed by atoms with E-state index in [2.05, 4.69) is 5.32 Å². The summed E-state index contributed by atoms with van der Waals surface area (Å²) in [5, 5.41) is 3.80. The molecule has 3 nitrogen and oxygen atoms in total. The smallest absolute Gasteiger partial charge is 0.172 e. The summed E-state index contributed by atoms with van der Waals surface area (Å²) >= 11 is 6.06. The zero-order valence-electron chi connectivity index (χ0n) is 10.9. The maximum absolute atomic E-state index is 13.2. The number of nitrogens with one attached hydrogen (secondary N) is 1. The van der Waals surface area contributed by atoms with Crippen LogP contribution in [0.3, 0.4) is 0 Å². The van der Waals surface area contributed by atoms with Gasteiger partial charge in [-0.15, -0.1) is 0 Å². The van der Waals surface area contributed by atoms with E-state index >= 15 is 0 Å². The number of hydrogen-bond donors (Lipinski definition) is 1. The summed E-state index contributed by atoms with van der Waals surface area (Å²) in [4.78, 5) is 0. The lowest BCUT2D eigenvalue weighted by Crippen LogP contribution is -2.43. The molecule has 1 N–H and O–H groups in total. The Morgan fingerprint density at radius 3 is 2.56 bits per heavy atom. The van der Waals surface area contributed by atoms with E-state index in [0.29, 0.717) is 11.4 Å². The molecule has 5 heteroatoms. The molecule has 1 rings (SSSR count). The topological polar surface area (TPSA) is 30.5 Å². The van der Waals surface area contributed by atoms with Crippen LogP contribution in [0.25, 0.3) is 0 Å². The molecule has 1 unspecified atom stereocenters. The van der Waals surface area contributed by atoms with Crippen LogP contribution in [0.4, 0.5) is 4.39 Å². The summed E-state index contributed by atoms with van der Waals surface area (Å²) in [5.74, 6) is -0.295. The Bertz CT molecular complexity index is 372. The van der Waals surface area contributed by atoms with Crippen LogP contribution in [0.2, 0.25) is 5.02 Å². The van der Waals surface area contributed by atoms with Crippen LogP contribution < -0.4 is 5.32 Å². The molecular weight excluding hydrogens is 257 g/mol. The summed E-state index contributed by atoms with van der Waals surface area (Å²) in [5.41, 5.74) is 0.738. The van der Waals surface area contributed by atoms with E-state index in [1.54, 1.807) is 20.3 Å². The lowest BCUT2D eigenvalue weighted by Gasteiger charge is -2.25. The van der Waals surface area contributed by atoms with Crippen LogP contribution in [0.15, 0.2) is 18.2 Å². The maximum atomic E-state index is 13.2. The first-order chi connectivity index (χ1) is 8.62. The number of ether oxygens (including phenoxy) is 2. The molecule has 1 aromatic carbocycles. The van der Waals surface area contributed by atoms with Crippen molar-refractivity contribution < 1.29 is 13.9 Å². The highest BCUT2D eigenvalue weighted by Gasteiger charge is 2.21. The van der Waals surface area contributed by atoms with E-state index in [0.717, 1.165) is 12.1 Å². The third-order valence-corrected chi connectivity index (χ3v) is 3.08. The van der Waals surface area contributed by atoms with Crippen molar-refractivity contribution in [1.82, 2.24) is 5.32 Å². The molecule has 0 saturated heterocycles. The minimum atomic E-state index is -0.399. The van der Waals surface area contributed by atoms with Gasteiger partial charge in [-0.05, 0) is 36.7 Å². The average molecular weight is 276 g/mol. The summed E-state index contributed by atoms with van der Waals surface area (Å²) < 4.78 is 23.7. The Kier molecular flexibility index (Phi) is 6.57. The summed E-state index contributed by atoms with van der Waals surface area (Å²) in [6.45, 7) is 2.75. The van der Waals surface area contributed by atoms with Crippen molar-refractivity contribution >= 4 is 11.6 Å². The fraction of sp³-hybridized carbons (Fsp3) is 0.538. The Morgan fingerprint density at radius 1 is 1.33 bits per heavy atom. The van der Waals surface area contributed by atoms with Gasteiger partial charge in [0.25, 0.3) is 0 Å². The number of likely N-dealkylation sites (N-methyl/N-ethyl adjacent to an activating group) is 1. The van der Waals surface area contributed by atoms with Crippen molar-refractivity contribution in [2.45, 2.75) is 25.7 Å². The molecule has 18 heavy (non-hydrogen) atoms. The second-order valence-corrected chi connectivity index (χ2v) is 4.35. The minimum absolute atomic E-state index is 0.0794. The quantitative estimate of drug-likeness (QED) is 0.776. The molecule has 0 bridgehead atoms. The van der Waals surface area contributed by atoms with Crippen molar-refractivity contribution in [1.29, 1.82) is 0 Å². The van der Waals surface area contributed by atoms with Gasteiger partial charge in [0, 0.05) is 19.2 Å². The standard InChI is InChI=1S/C13H19ClFNO2/c1-4-16-12(13(17-2)18-3)8-9-7-10(15)5-6-11(9)14/h5-7,12-13,16H,4,8H2,1-3H3. The first kappa shape index (κ1) is 15.4. The van der Waals surface area contributed by atoms with E-state index in [4.69, 9.17) is 21.1 Å². The number of rotatable bonds is 7. The SMILES string of the molecule is CCNC(Cc1cc(F)ccc1Cl)C(OC)OC. The molecule has 0 fully saturated rings. The van der Waals surface area contributed by atoms with Gasteiger partial charge in [-0.1, -0.05) is 18.5 Å². The van der Waals surface area contributed by atoms with E-state index in [-0.39, 0.29) is 11.9 Å². The lowest BCUT2D eigenvalue weighted by molar-refractivity contribution is -0.122. The lowest BCUT2D eigenvalue weighted by atomic mass is 10.0. The largest absolute Gasteiger partial charge is 0.354 e. The van der Waals surface area contributed by atoms with Gasteiger partial charge in [0.15, 0.2) is 6.29 Å². The molecular formula is C13H19ClFNO2. The maximum Gasteiger partial charge on any atom is 0.172 e. The summed E-state index contributed by atoms with van der Waals surface area (Å²) in [6.07, 6.45) is 0.140. The van der Waals surface area contributed by atoms with Gasteiger partial charge >= 0.3 is 0 Å². The molecule has 0 aliphatic rings. The first-order valence-corrected chi connectivity index (χ1v) is 6.23. The normalized spacial score (nSPS) is 13.0. The summed E-state index contributed by atoms with van der Waals surface area (Å²) in [7, 11) is 3.15. The van der Waals surface area contributed by atoms with Crippen LogP contribution in [-0.4, -0.2) is 33.1 Å². The minimum Gasteiger partial charge on any atom is -0.354 e. The van der Waals surface area contributed by atoms with Gasteiger partial charge in [0.05, 0.1) is 6.04 Å². The fourth-order valence-electron chi connectivity index (χ4n) is 1.89. The van der Waals surface area contributed by atoms with Crippen LogP contribution in [0.5, 0.6) is 0 Å². The number of benzene rings is 1.